The van der Waals surface area contributed by atoms with Gasteiger partial charge in [-0.2, -0.15) is 0 Å². The number of amides is 3. The molecular weight excluding hydrogens is 548 g/mol. The van der Waals surface area contributed by atoms with Crippen LogP contribution in [0.1, 0.15) is 66.1 Å². The van der Waals surface area contributed by atoms with Crippen molar-refractivity contribution in [2.45, 2.75) is 63.5 Å². The molecule has 10 heteroatoms. The number of carbonyl (C=O) groups excluding carboxylic acids is 3. The molecule has 0 saturated carbocycles. The Labute approximate surface area is 254 Å². The second-order valence-corrected chi connectivity index (χ2v) is 11.1. The van der Waals surface area contributed by atoms with Gasteiger partial charge < -0.3 is 19.7 Å². The van der Waals surface area contributed by atoms with E-state index in [1.54, 1.807) is 31.4 Å². The standard InChI is InChI=1S/C33H42N4O6/c1-33(31(39)34-2,32(40)35-43-29-7-5-6-22-42-29)36(3)30(38)27-16-14-25(15-17-27)9-8-24-10-12-26(13-11-24)23-37-20-18-28(41-4)19-21-37/h10-17,28-29H,5-7,18-23H2,1-4H3,(H,34,39)(H,35,40)/t29?,33-/m0/s1. The van der Waals surface area contributed by atoms with Crippen LogP contribution in [-0.4, -0.2) is 86.4 Å². The van der Waals surface area contributed by atoms with Crippen molar-refractivity contribution in [3.05, 3.63) is 70.8 Å². The molecule has 230 valence electrons. The van der Waals surface area contributed by atoms with E-state index in [2.05, 4.69) is 39.7 Å². The number of hydroxylamine groups is 1. The summed E-state index contributed by atoms with van der Waals surface area (Å²) in [5.41, 5.74) is 3.64. The van der Waals surface area contributed by atoms with Gasteiger partial charge in [-0.1, -0.05) is 24.0 Å². The van der Waals surface area contributed by atoms with Crippen molar-refractivity contribution in [1.82, 2.24) is 20.6 Å². The average Bonchev–Trinajstić information content (AvgIpc) is 3.06. The Hall–Kier alpha value is -3.75. The zero-order valence-electron chi connectivity index (χ0n) is 25.5. The van der Waals surface area contributed by atoms with Crippen LogP contribution in [-0.2, 0) is 30.4 Å². The summed E-state index contributed by atoms with van der Waals surface area (Å²) in [6.07, 6.45) is 4.37. The highest BCUT2D eigenvalue weighted by atomic mass is 16.8. The Kier molecular flexibility index (Phi) is 11.3. The van der Waals surface area contributed by atoms with E-state index in [0.29, 0.717) is 24.7 Å². The van der Waals surface area contributed by atoms with Gasteiger partial charge in [-0.3, -0.25) is 19.3 Å². The molecular formula is C33H42N4O6. The van der Waals surface area contributed by atoms with Crippen molar-refractivity contribution in [3.63, 3.8) is 0 Å². The molecule has 0 spiro atoms. The van der Waals surface area contributed by atoms with Gasteiger partial charge in [0.1, 0.15) is 0 Å². The third kappa shape index (κ3) is 8.21. The maximum Gasteiger partial charge on any atom is 0.279 e. The van der Waals surface area contributed by atoms with Crippen LogP contribution in [0.2, 0.25) is 0 Å². The molecule has 2 N–H and O–H groups in total. The predicted molar refractivity (Wildman–Crippen MR) is 162 cm³/mol. The largest absolute Gasteiger partial charge is 0.381 e. The van der Waals surface area contributed by atoms with Crippen molar-refractivity contribution >= 4 is 17.7 Å². The molecule has 2 aromatic rings. The SMILES string of the molecule is CNC(=O)[C@@](C)(C(=O)NOC1CCCCO1)N(C)C(=O)c1ccc(C#Cc2ccc(CN3CCC(OC)CC3)cc2)cc1. The summed E-state index contributed by atoms with van der Waals surface area (Å²) in [5, 5.41) is 2.47. The molecule has 2 fully saturated rings. The van der Waals surface area contributed by atoms with Gasteiger partial charge in [0.25, 0.3) is 17.7 Å². The highest BCUT2D eigenvalue weighted by molar-refractivity contribution is 6.12. The number of likely N-dealkylation sites (tertiary alicyclic amines) is 1. The number of benzene rings is 2. The van der Waals surface area contributed by atoms with Gasteiger partial charge in [0.05, 0.1) is 6.10 Å². The number of likely N-dealkylation sites (N-methyl/N-ethyl adjacent to an activating group) is 2. The first-order chi connectivity index (χ1) is 20.7. The van der Waals surface area contributed by atoms with E-state index in [0.717, 1.165) is 61.3 Å². The summed E-state index contributed by atoms with van der Waals surface area (Å²) in [6.45, 7) is 4.90. The first-order valence-corrected chi connectivity index (χ1v) is 14.8. The number of hydrogen-bond donors (Lipinski definition) is 2. The minimum Gasteiger partial charge on any atom is -0.381 e. The molecule has 10 nitrogen and oxygen atoms in total. The maximum absolute atomic E-state index is 13.4. The van der Waals surface area contributed by atoms with Gasteiger partial charge in [-0.25, -0.2) is 10.3 Å². The average molecular weight is 591 g/mol. The van der Waals surface area contributed by atoms with Crippen molar-refractivity contribution in [2.24, 2.45) is 0 Å². The Morgan fingerprint density at radius 1 is 0.977 bits per heavy atom. The van der Waals surface area contributed by atoms with E-state index in [1.165, 1.54) is 26.6 Å². The van der Waals surface area contributed by atoms with E-state index in [-0.39, 0.29) is 0 Å². The maximum atomic E-state index is 13.4. The molecule has 2 heterocycles. The lowest BCUT2D eigenvalue weighted by Crippen LogP contribution is -2.65. The fraction of sp³-hybridized carbons (Fsp3) is 0.485. The van der Waals surface area contributed by atoms with Crippen LogP contribution in [0.5, 0.6) is 0 Å². The van der Waals surface area contributed by atoms with Crippen molar-refractivity contribution in [3.8, 4) is 11.8 Å². The van der Waals surface area contributed by atoms with Gasteiger partial charge in [0.15, 0.2) is 11.8 Å². The summed E-state index contributed by atoms with van der Waals surface area (Å²) in [6, 6.07) is 15.0. The summed E-state index contributed by atoms with van der Waals surface area (Å²) in [5.74, 6) is 4.38. The van der Waals surface area contributed by atoms with Gasteiger partial charge in [0, 0.05) is 70.6 Å². The minimum atomic E-state index is -1.87. The molecule has 4 rings (SSSR count). The number of nitrogens with one attached hydrogen (secondary N) is 2. The van der Waals surface area contributed by atoms with E-state index >= 15 is 0 Å². The number of piperidine rings is 1. The molecule has 2 atom stereocenters. The van der Waals surface area contributed by atoms with E-state index < -0.39 is 29.6 Å². The fourth-order valence-corrected chi connectivity index (χ4v) is 5.17. The molecule has 1 unspecified atom stereocenters. The van der Waals surface area contributed by atoms with E-state index in [1.807, 2.05) is 12.1 Å². The van der Waals surface area contributed by atoms with Crippen LogP contribution in [0.15, 0.2) is 48.5 Å². The number of rotatable bonds is 9. The van der Waals surface area contributed by atoms with Gasteiger partial charge >= 0.3 is 0 Å². The topological polar surface area (TPSA) is 109 Å². The molecule has 0 aromatic heterocycles. The first kappa shape index (κ1) is 32.2. The van der Waals surface area contributed by atoms with Crippen LogP contribution in [0.4, 0.5) is 0 Å². The molecule has 2 aliphatic rings. The lowest BCUT2D eigenvalue weighted by Gasteiger charge is -2.36. The number of ether oxygens (including phenoxy) is 2. The fourth-order valence-electron chi connectivity index (χ4n) is 5.17. The van der Waals surface area contributed by atoms with Crippen LogP contribution in [0, 0.1) is 11.8 Å². The molecule has 2 aliphatic heterocycles. The highest BCUT2D eigenvalue weighted by Gasteiger charge is 2.47. The molecule has 2 aromatic carbocycles. The Bertz CT molecular complexity index is 1310. The highest BCUT2D eigenvalue weighted by Crippen LogP contribution is 2.20. The molecule has 0 aliphatic carbocycles. The molecule has 0 radical (unpaired) electrons. The Morgan fingerprint density at radius 3 is 2.16 bits per heavy atom. The minimum absolute atomic E-state index is 0.311. The second-order valence-electron chi connectivity index (χ2n) is 11.1. The van der Waals surface area contributed by atoms with Crippen LogP contribution < -0.4 is 10.8 Å². The summed E-state index contributed by atoms with van der Waals surface area (Å²) < 4.78 is 10.9. The number of carbonyl (C=O) groups is 3. The lowest BCUT2D eigenvalue weighted by atomic mass is 9.96. The predicted octanol–water partition coefficient (Wildman–Crippen LogP) is 2.85. The summed E-state index contributed by atoms with van der Waals surface area (Å²) in [7, 11) is 4.60. The van der Waals surface area contributed by atoms with Crippen molar-refractivity contribution < 1.29 is 28.7 Å². The Balaban J connectivity index is 1.36. The van der Waals surface area contributed by atoms with Crippen molar-refractivity contribution in [2.75, 3.05) is 40.9 Å². The zero-order valence-corrected chi connectivity index (χ0v) is 25.5. The van der Waals surface area contributed by atoms with Crippen LogP contribution in [0.3, 0.4) is 0 Å². The monoisotopic (exact) mass is 590 g/mol. The van der Waals surface area contributed by atoms with Gasteiger partial charge in [-0.15, -0.1) is 0 Å². The lowest BCUT2D eigenvalue weighted by molar-refractivity contribution is -0.204. The van der Waals surface area contributed by atoms with E-state index in [4.69, 9.17) is 14.3 Å². The quantitative estimate of drug-likeness (QED) is 0.263. The molecule has 0 bridgehead atoms. The molecule has 43 heavy (non-hydrogen) atoms. The number of methoxy groups -OCH3 is 1. The van der Waals surface area contributed by atoms with Gasteiger partial charge in [0.2, 0.25) is 0 Å². The van der Waals surface area contributed by atoms with Crippen LogP contribution in [0.25, 0.3) is 0 Å². The first-order valence-electron chi connectivity index (χ1n) is 14.8. The summed E-state index contributed by atoms with van der Waals surface area (Å²) in [4.78, 5) is 48.3. The van der Waals surface area contributed by atoms with Gasteiger partial charge in [-0.05, 0) is 74.6 Å². The Morgan fingerprint density at radius 2 is 1.60 bits per heavy atom. The molecule has 2 saturated heterocycles. The molecule has 3 amide bonds. The third-order valence-electron chi connectivity index (χ3n) is 8.22. The third-order valence-corrected chi connectivity index (χ3v) is 8.22. The second kappa shape index (κ2) is 15.1. The summed E-state index contributed by atoms with van der Waals surface area (Å²) >= 11 is 0. The van der Waals surface area contributed by atoms with Crippen LogP contribution >= 0.6 is 0 Å². The smallest absolute Gasteiger partial charge is 0.279 e. The zero-order chi connectivity index (χ0) is 30.8. The number of nitrogens with zero attached hydrogens (tertiary/aromatic N) is 2. The number of hydrogen-bond acceptors (Lipinski definition) is 7. The van der Waals surface area contributed by atoms with Crippen molar-refractivity contribution in [1.29, 1.82) is 0 Å². The van der Waals surface area contributed by atoms with E-state index in [9.17, 15) is 14.4 Å². The normalized spacial score (nSPS) is 18.9.